The van der Waals surface area contributed by atoms with Crippen molar-refractivity contribution in [1.82, 2.24) is 5.32 Å². The average molecular weight is 360 g/mol. The Bertz CT molecular complexity index is 622. The molecule has 6 nitrogen and oxygen atoms in total. The second-order valence-electron chi connectivity index (χ2n) is 7.16. The highest BCUT2D eigenvalue weighted by Crippen LogP contribution is 2.19. The molecule has 0 bridgehead atoms. The van der Waals surface area contributed by atoms with E-state index in [1.807, 2.05) is 6.92 Å². The van der Waals surface area contributed by atoms with Crippen molar-refractivity contribution in [2.75, 3.05) is 18.5 Å². The molecule has 0 aliphatic carbocycles. The minimum Gasteiger partial charge on any atom is -0.378 e. The first-order valence-electron chi connectivity index (χ1n) is 9.57. The fraction of sp³-hybridized carbons (Fsp3) is 0.600. The number of amides is 2. The lowest BCUT2D eigenvalue weighted by atomic mass is 10.1. The van der Waals surface area contributed by atoms with Gasteiger partial charge in [-0.15, -0.1) is 0 Å². The van der Waals surface area contributed by atoms with Gasteiger partial charge in [-0.1, -0.05) is 6.07 Å². The van der Waals surface area contributed by atoms with Gasteiger partial charge in [-0.2, -0.15) is 0 Å². The number of carbonyl (C=O) groups excluding carboxylic acids is 2. The number of benzene rings is 1. The summed E-state index contributed by atoms with van der Waals surface area (Å²) in [6.07, 6.45) is 5.72. The largest absolute Gasteiger partial charge is 0.378 e. The minimum absolute atomic E-state index is 0.0804. The number of anilines is 1. The van der Waals surface area contributed by atoms with E-state index in [0.717, 1.165) is 45.1 Å². The number of hydrogen-bond acceptors (Lipinski definition) is 4. The smallest absolute Gasteiger partial charge is 0.253 e. The van der Waals surface area contributed by atoms with Gasteiger partial charge in [-0.3, -0.25) is 9.59 Å². The molecule has 26 heavy (non-hydrogen) atoms. The third kappa shape index (κ3) is 5.29. The Hall–Kier alpha value is -1.92. The maximum Gasteiger partial charge on any atom is 0.253 e. The van der Waals surface area contributed by atoms with Gasteiger partial charge in [0.1, 0.15) is 6.10 Å². The second-order valence-corrected chi connectivity index (χ2v) is 7.16. The van der Waals surface area contributed by atoms with Crippen LogP contribution in [0.5, 0.6) is 0 Å². The third-order valence-corrected chi connectivity index (χ3v) is 4.94. The molecule has 0 aromatic heterocycles. The van der Waals surface area contributed by atoms with Gasteiger partial charge in [0.05, 0.1) is 6.10 Å². The maximum absolute atomic E-state index is 12.5. The zero-order valence-corrected chi connectivity index (χ0v) is 15.3. The topological polar surface area (TPSA) is 76.7 Å². The lowest BCUT2D eigenvalue weighted by Crippen LogP contribution is -2.33. The van der Waals surface area contributed by atoms with Gasteiger partial charge in [-0.05, 0) is 63.6 Å². The molecule has 0 saturated carbocycles. The lowest BCUT2D eigenvalue weighted by molar-refractivity contribution is -0.124. The number of ether oxygens (including phenoxy) is 2. The zero-order valence-electron chi connectivity index (χ0n) is 15.3. The Balaban J connectivity index is 1.49. The SMILES string of the molecule is CC(CCC1CCCO1)NC(=O)c1cccc(NC(=O)C2CCCO2)c1. The van der Waals surface area contributed by atoms with E-state index < -0.39 is 0 Å². The zero-order chi connectivity index (χ0) is 18.4. The molecule has 0 spiro atoms. The molecule has 2 saturated heterocycles. The van der Waals surface area contributed by atoms with Crippen molar-refractivity contribution in [1.29, 1.82) is 0 Å². The molecule has 3 rings (SSSR count). The van der Waals surface area contributed by atoms with E-state index in [2.05, 4.69) is 10.6 Å². The number of carbonyl (C=O) groups is 2. The summed E-state index contributed by atoms with van der Waals surface area (Å²) in [6, 6.07) is 7.09. The van der Waals surface area contributed by atoms with Crippen molar-refractivity contribution in [3.05, 3.63) is 29.8 Å². The summed E-state index contributed by atoms with van der Waals surface area (Å²) >= 11 is 0. The fourth-order valence-corrected chi connectivity index (χ4v) is 3.43. The summed E-state index contributed by atoms with van der Waals surface area (Å²) in [5.41, 5.74) is 1.16. The van der Waals surface area contributed by atoms with E-state index in [1.54, 1.807) is 24.3 Å². The Labute approximate surface area is 154 Å². The van der Waals surface area contributed by atoms with Crippen molar-refractivity contribution >= 4 is 17.5 Å². The van der Waals surface area contributed by atoms with Crippen molar-refractivity contribution in [2.24, 2.45) is 0 Å². The van der Waals surface area contributed by atoms with Gasteiger partial charge < -0.3 is 20.1 Å². The summed E-state index contributed by atoms with van der Waals surface area (Å²) in [5, 5.41) is 5.86. The summed E-state index contributed by atoms with van der Waals surface area (Å²) in [6.45, 7) is 3.50. The van der Waals surface area contributed by atoms with Crippen molar-refractivity contribution < 1.29 is 19.1 Å². The molecule has 2 heterocycles. The van der Waals surface area contributed by atoms with Crippen LogP contribution >= 0.6 is 0 Å². The molecule has 2 amide bonds. The number of nitrogens with one attached hydrogen (secondary N) is 2. The van der Waals surface area contributed by atoms with Gasteiger partial charge in [0.2, 0.25) is 0 Å². The molecule has 0 radical (unpaired) electrons. The maximum atomic E-state index is 12.5. The summed E-state index contributed by atoms with van der Waals surface area (Å²) in [4.78, 5) is 24.6. The highest BCUT2D eigenvalue weighted by atomic mass is 16.5. The minimum atomic E-state index is -0.384. The van der Waals surface area contributed by atoms with Crippen LogP contribution in [0.1, 0.15) is 55.8 Å². The lowest BCUT2D eigenvalue weighted by Gasteiger charge is -2.17. The molecule has 6 heteroatoms. The Kier molecular flexibility index (Phi) is 6.63. The van der Waals surface area contributed by atoms with E-state index >= 15 is 0 Å². The predicted octanol–water partition coefficient (Wildman–Crippen LogP) is 2.88. The number of rotatable bonds is 7. The molecule has 2 N–H and O–H groups in total. The Morgan fingerprint density at radius 1 is 1.19 bits per heavy atom. The van der Waals surface area contributed by atoms with Crippen molar-refractivity contribution in [3.63, 3.8) is 0 Å². The monoisotopic (exact) mass is 360 g/mol. The molecule has 142 valence electrons. The van der Waals surface area contributed by atoms with E-state index in [9.17, 15) is 9.59 Å². The quantitative estimate of drug-likeness (QED) is 0.784. The van der Waals surface area contributed by atoms with Gasteiger partial charge in [0.25, 0.3) is 11.8 Å². The van der Waals surface area contributed by atoms with Crippen LogP contribution in [0, 0.1) is 0 Å². The second kappa shape index (κ2) is 9.14. The molecule has 3 unspecified atom stereocenters. The summed E-state index contributed by atoms with van der Waals surface area (Å²) in [7, 11) is 0. The van der Waals surface area contributed by atoms with E-state index in [-0.39, 0.29) is 24.0 Å². The Morgan fingerprint density at radius 2 is 2.00 bits per heavy atom. The van der Waals surface area contributed by atoms with Crippen LogP contribution in [0.3, 0.4) is 0 Å². The highest BCUT2D eigenvalue weighted by Gasteiger charge is 2.23. The van der Waals surface area contributed by atoms with Crippen molar-refractivity contribution in [2.45, 2.75) is 63.7 Å². The van der Waals surface area contributed by atoms with E-state index in [0.29, 0.717) is 24.0 Å². The first kappa shape index (κ1) is 18.9. The van der Waals surface area contributed by atoms with Crippen LogP contribution in [0.25, 0.3) is 0 Å². The van der Waals surface area contributed by atoms with Crippen LogP contribution in [0.2, 0.25) is 0 Å². The normalized spacial score (nSPS) is 23.6. The van der Waals surface area contributed by atoms with Crippen LogP contribution < -0.4 is 10.6 Å². The van der Waals surface area contributed by atoms with Crippen LogP contribution in [-0.4, -0.2) is 43.3 Å². The third-order valence-electron chi connectivity index (χ3n) is 4.94. The van der Waals surface area contributed by atoms with Crippen LogP contribution in [-0.2, 0) is 14.3 Å². The first-order chi connectivity index (χ1) is 12.6. The highest BCUT2D eigenvalue weighted by molar-refractivity contribution is 5.98. The molecular formula is C20H28N2O4. The average Bonchev–Trinajstić information content (AvgIpc) is 3.34. The van der Waals surface area contributed by atoms with Crippen LogP contribution in [0.15, 0.2) is 24.3 Å². The summed E-state index contributed by atoms with van der Waals surface area (Å²) in [5.74, 6) is -0.275. The predicted molar refractivity (Wildman–Crippen MR) is 99.2 cm³/mol. The van der Waals surface area contributed by atoms with Gasteiger partial charge in [0, 0.05) is 30.5 Å². The molecule has 2 aliphatic rings. The standard InChI is InChI=1S/C20H28N2O4/c1-14(9-10-17-7-3-11-25-17)21-19(23)15-5-2-6-16(13-15)22-20(24)18-8-4-12-26-18/h2,5-6,13-14,17-18H,3-4,7-12H2,1H3,(H,21,23)(H,22,24). The molecular weight excluding hydrogens is 332 g/mol. The molecule has 1 aromatic carbocycles. The van der Waals surface area contributed by atoms with Crippen LogP contribution in [0.4, 0.5) is 5.69 Å². The molecule has 2 aliphatic heterocycles. The molecule has 3 atom stereocenters. The van der Waals surface area contributed by atoms with Gasteiger partial charge >= 0.3 is 0 Å². The first-order valence-corrected chi connectivity index (χ1v) is 9.57. The van der Waals surface area contributed by atoms with E-state index in [4.69, 9.17) is 9.47 Å². The Morgan fingerprint density at radius 3 is 2.73 bits per heavy atom. The summed E-state index contributed by atoms with van der Waals surface area (Å²) < 4.78 is 11.0. The van der Waals surface area contributed by atoms with E-state index in [1.165, 1.54) is 0 Å². The molecule has 1 aromatic rings. The van der Waals surface area contributed by atoms with Gasteiger partial charge in [-0.25, -0.2) is 0 Å². The fourth-order valence-electron chi connectivity index (χ4n) is 3.43. The molecule has 2 fully saturated rings. The number of hydrogen-bond donors (Lipinski definition) is 2. The van der Waals surface area contributed by atoms with Gasteiger partial charge in [0.15, 0.2) is 0 Å². The van der Waals surface area contributed by atoms with Crippen molar-refractivity contribution in [3.8, 4) is 0 Å².